The Hall–Kier alpha value is -4.13. The molecule has 0 atom stereocenters. The summed E-state index contributed by atoms with van der Waals surface area (Å²) in [6, 6.07) is 21.6. The Balaban J connectivity index is 1.51. The monoisotopic (exact) mass is 401 g/mol. The highest BCUT2D eigenvalue weighted by Crippen LogP contribution is 2.22. The van der Waals surface area contributed by atoms with Crippen molar-refractivity contribution >= 4 is 17.6 Å². The van der Waals surface area contributed by atoms with Crippen LogP contribution >= 0.6 is 0 Å². The zero-order valence-electron chi connectivity index (χ0n) is 16.2. The number of benzene rings is 2. The molecule has 7 nitrogen and oxygen atoms in total. The molecule has 7 heteroatoms. The standard InChI is InChI=1S/C23H19N3O4/c1-16-9-11-17(12-10-16)24-22(27)15-30-23(28)20-14-19(21-8-5-13-29-21)25-26(20)18-6-3-2-4-7-18/h2-14H,15H2,1H3,(H,24,27). The number of hydrogen-bond acceptors (Lipinski definition) is 5. The molecule has 2 aromatic carbocycles. The van der Waals surface area contributed by atoms with E-state index in [-0.39, 0.29) is 5.69 Å². The van der Waals surface area contributed by atoms with Crippen LogP contribution in [0.1, 0.15) is 16.1 Å². The molecule has 0 spiro atoms. The molecular weight excluding hydrogens is 382 g/mol. The number of ether oxygens (including phenoxy) is 1. The summed E-state index contributed by atoms with van der Waals surface area (Å²) in [5, 5.41) is 7.16. The second-order valence-electron chi connectivity index (χ2n) is 6.63. The Morgan fingerprint density at radius 3 is 2.50 bits per heavy atom. The smallest absolute Gasteiger partial charge is 0.357 e. The van der Waals surface area contributed by atoms with Gasteiger partial charge in [0.1, 0.15) is 5.69 Å². The van der Waals surface area contributed by atoms with E-state index in [9.17, 15) is 9.59 Å². The van der Waals surface area contributed by atoms with Gasteiger partial charge >= 0.3 is 5.97 Å². The van der Waals surface area contributed by atoms with Crippen LogP contribution in [0.15, 0.2) is 83.5 Å². The van der Waals surface area contributed by atoms with Gasteiger partial charge in [0.15, 0.2) is 18.1 Å². The first-order valence-corrected chi connectivity index (χ1v) is 9.33. The Morgan fingerprint density at radius 1 is 1.03 bits per heavy atom. The van der Waals surface area contributed by atoms with Gasteiger partial charge in [-0.05, 0) is 43.3 Å². The average molecular weight is 401 g/mol. The van der Waals surface area contributed by atoms with E-state index in [4.69, 9.17) is 9.15 Å². The number of para-hydroxylation sites is 1. The second kappa shape index (κ2) is 8.48. The minimum Gasteiger partial charge on any atom is -0.463 e. The summed E-state index contributed by atoms with van der Waals surface area (Å²) in [7, 11) is 0. The zero-order valence-corrected chi connectivity index (χ0v) is 16.2. The molecule has 0 fully saturated rings. The summed E-state index contributed by atoms with van der Waals surface area (Å²) in [6.07, 6.45) is 1.53. The SMILES string of the molecule is Cc1ccc(NC(=O)COC(=O)c2cc(-c3ccco3)nn2-c2ccccc2)cc1. The van der Waals surface area contributed by atoms with Crippen LogP contribution in [-0.2, 0) is 9.53 Å². The maximum absolute atomic E-state index is 12.7. The van der Waals surface area contributed by atoms with Crippen molar-refractivity contribution in [1.82, 2.24) is 9.78 Å². The number of amides is 1. The molecular formula is C23H19N3O4. The van der Waals surface area contributed by atoms with Gasteiger partial charge in [0.25, 0.3) is 5.91 Å². The number of rotatable bonds is 6. The Labute approximate surface area is 172 Å². The molecule has 2 aromatic heterocycles. The number of nitrogens with one attached hydrogen (secondary N) is 1. The van der Waals surface area contributed by atoms with E-state index < -0.39 is 18.5 Å². The van der Waals surface area contributed by atoms with Crippen LogP contribution < -0.4 is 5.32 Å². The van der Waals surface area contributed by atoms with Crippen LogP contribution in [0.2, 0.25) is 0 Å². The molecule has 2 heterocycles. The van der Waals surface area contributed by atoms with Crippen LogP contribution in [0, 0.1) is 6.92 Å². The first-order chi connectivity index (χ1) is 14.6. The van der Waals surface area contributed by atoms with Gasteiger partial charge in [-0.1, -0.05) is 35.9 Å². The fourth-order valence-electron chi connectivity index (χ4n) is 2.88. The number of carbonyl (C=O) groups is 2. The maximum Gasteiger partial charge on any atom is 0.357 e. The lowest BCUT2D eigenvalue weighted by atomic mass is 10.2. The van der Waals surface area contributed by atoms with Crippen molar-refractivity contribution in [2.24, 2.45) is 0 Å². The third-order valence-corrected chi connectivity index (χ3v) is 4.36. The minimum absolute atomic E-state index is 0.190. The number of furan rings is 1. The largest absolute Gasteiger partial charge is 0.463 e. The van der Waals surface area contributed by atoms with E-state index in [0.717, 1.165) is 5.56 Å². The molecule has 0 unspecified atom stereocenters. The van der Waals surface area contributed by atoms with Gasteiger partial charge in [0, 0.05) is 11.8 Å². The number of nitrogens with zero attached hydrogens (tertiary/aromatic N) is 2. The van der Waals surface area contributed by atoms with Crippen LogP contribution in [0.3, 0.4) is 0 Å². The van der Waals surface area contributed by atoms with Gasteiger partial charge < -0.3 is 14.5 Å². The third kappa shape index (κ3) is 4.30. The fraction of sp³-hybridized carbons (Fsp3) is 0.0870. The fourth-order valence-corrected chi connectivity index (χ4v) is 2.88. The molecule has 4 aromatic rings. The molecule has 0 aliphatic carbocycles. The number of hydrogen-bond donors (Lipinski definition) is 1. The number of carbonyl (C=O) groups excluding carboxylic acids is 2. The van der Waals surface area contributed by atoms with Crippen LogP contribution in [0.4, 0.5) is 5.69 Å². The van der Waals surface area contributed by atoms with Crippen LogP contribution in [-0.4, -0.2) is 28.3 Å². The molecule has 0 radical (unpaired) electrons. The Morgan fingerprint density at radius 2 is 1.80 bits per heavy atom. The van der Waals surface area contributed by atoms with Gasteiger partial charge in [-0.2, -0.15) is 5.10 Å². The average Bonchev–Trinajstić information content (AvgIpc) is 3.44. The van der Waals surface area contributed by atoms with Crippen molar-refractivity contribution in [3.8, 4) is 17.1 Å². The maximum atomic E-state index is 12.7. The summed E-state index contributed by atoms with van der Waals surface area (Å²) in [6.45, 7) is 1.54. The minimum atomic E-state index is -0.664. The quantitative estimate of drug-likeness (QED) is 0.489. The van der Waals surface area contributed by atoms with E-state index in [1.165, 1.54) is 10.9 Å². The van der Waals surface area contributed by atoms with E-state index >= 15 is 0 Å². The highest BCUT2D eigenvalue weighted by atomic mass is 16.5. The van der Waals surface area contributed by atoms with E-state index in [0.29, 0.717) is 22.8 Å². The molecule has 0 aliphatic rings. The first-order valence-electron chi connectivity index (χ1n) is 9.33. The zero-order chi connectivity index (χ0) is 20.9. The van der Waals surface area contributed by atoms with Crippen molar-refractivity contribution in [1.29, 1.82) is 0 Å². The number of esters is 1. The van der Waals surface area contributed by atoms with Crippen molar-refractivity contribution in [2.75, 3.05) is 11.9 Å². The molecule has 4 rings (SSSR count). The summed E-state index contributed by atoms with van der Waals surface area (Å²) < 4.78 is 12.1. The lowest BCUT2D eigenvalue weighted by Gasteiger charge is -2.08. The van der Waals surface area contributed by atoms with Gasteiger partial charge in [-0.3, -0.25) is 4.79 Å². The van der Waals surface area contributed by atoms with E-state index in [2.05, 4.69) is 10.4 Å². The first kappa shape index (κ1) is 19.2. The lowest BCUT2D eigenvalue weighted by molar-refractivity contribution is -0.119. The predicted molar refractivity (Wildman–Crippen MR) is 111 cm³/mol. The van der Waals surface area contributed by atoms with Crippen LogP contribution in [0.25, 0.3) is 17.1 Å². The summed E-state index contributed by atoms with van der Waals surface area (Å²) >= 11 is 0. The van der Waals surface area contributed by atoms with E-state index in [1.807, 2.05) is 49.4 Å². The van der Waals surface area contributed by atoms with Crippen molar-refractivity contribution in [3.63, 3.8) is 0 Å². The van der Waals surface area contributed by atoms with Crippen molar-refractivity contribution in [2.45, 2.75) is 6.92 Å². The number of aryl methyl sites for hydroxylation is 1. The molecule has 0 bridgehead atoms. The lowest BCUT2D eigenvalue weighted by Crippen LogP contribution is -2.22. The van der Waals surface area contributed by atoms with E-state index in [1.54, 1.807) is 30.3 Å². The van der Waals surface area contributed by atoms with Crippen molar-refractivity contribution in [3.05, 3.63) is 90.3 Å². The Bertz CT molecular complexity index is 1150. The summed E-state index contributed by atoms with van der Waals surface area (Å²) in [4.78, 5) is 24.9. The van der Waals surface area contributed by atoms with Gasteiger partial charge in [0.05, 0.1) is 12.0 Å². The predicted octanol–water partition coefficient (Wildman–Crippen LogP) is 4.24. The normalized spacial score (nSPS) is 10.6. The molecule has 1 amide bonds. The van der Waals surface area contributed by atoms with Gasteiger partial charge in [0.2, 0.25) is 0 Å². The topological polar surface area (TPSA) is 86.4 Å². The van der Waals surface area contributed by atoms with Gasteiger partial charge in [-0.25, -0.2) is 9.48 Å². The summed E-state index contributed by atoms with van der Waals surface area (Å²) in [5.74, 6) is -0.566. The molecule has 1 N–H and O–H groups in total. The number of anilines is 1. The molecule has 0 saturated heterocycles. The molecule has 0 saturated carbocycles. The number of aromatic nitrogens is 2. The highest BCUT2D eigenvalue weighted by molar-refractivity contribution is 5.95. The second-order valence-corrected chi connectivity index (χ2v) is 6.63. The summed E-state index contributed by atoms with van der Waals surface area (Å²) in [5.41, 5.74) is 3.08. The van der Waals surface area contributed by atoms with Crippen molar-refractivity contribution < 1.29 is 18.7 Å². The molecule has 150 valence electrons. The van der Waals surface area contributed by atoms with Gasteiger partial charge in [-0.15, -0.1) is 0 Å². The highest BCUT2D eigenvalue weighted by Gasteiger charge is 2.20. The molecule has 0 aliphatic heterocycles. The Kier molecular flexibility index (Phi) is 5.43. The van der Waals surface area contributed by atoms with Crippen LogP contribution in [0.5, 0.6) is 0 Å². The molecule has 30 heavy (non-hydrogen) atoms. The third-order valence-electron chi connectivity index (χ3n) is 4.36.